The van der Waals surface area contributed by atoms with Gasteiger partial charge in [-0.1, -0.05) is 30.3 Å². The maximum atomic E-state index is 12.8. The topological polar surface area (TPSA) is 87.0 Å². The van der Waals surface area contributed by atoms with E-state index in [0.717, 1.165) is 5.39 Å². The molecule has 0 saturated carbocycles. The Hall–Kier alpha value is -3.32. The highest BCUT2D eigenvalue weighted by molar-refractivity contribution is 6.00. The Bertz CT molecular complexity index is 1030. The summed E-state index contributed by atoms with van der Waals surface area (Å²) >= 11 is 0. The van der Waals surface area contributed by atoms with Gasteiger partial charge in [-0.15, -0.1) is 0 Å². The molecule has 0 radical (unpaired) electrons. The fraction of sp³-hybridized carbons (Fsp3) is 0.304. The first kappa shape index (κ1) is 21.4. The summed E-state index contributed by atoms with van der Waals surface area (Å²) in [6.07, 6.45) is -1.04. The lowest BCUT2D eigenvalue weighted by atomic mass is 10.1. The van der Waals surface area contributed by atoms with Crippen molar-refractivity contribution in [1.29, 1.82) is 0 Å². The molecule has 3 aromatic rings. The number of hydrogen-bond donors (Lipinski definition) is 1. The third kappa shape index (κ3) is 4.80. The van der Waals surface area contributed by atoms with Crippen LogP contribution in [0.5, 0.6) is 5.75 Å². The lowest BCUT2D eigenvalue weighted by Gasteiger charge is -2.15. The van der Waals surface area contributed by atoms with Crippen LogP contribution in [0, 0.1) is 0 Å². The van der Waals surface area contributed by atoms with E-state index in [1.807, 2.05) is 38.1 Å². The van der Waals surface area contributed by atoms with Crippen LogP contribution in [-0.4, -0.2) is 31.2 Å². The SMILES string of the molecule is CCOCc1c(C(=O)O[C@H](C)C(=O)Nc2ccccc2OCC)oc2ccccc12. The third-order valence-corrected chi connectivity index (χ3v) is 4.43. The minimum atomic E-state index is -1.04. The number of carbonyl (C=O) groups excluding carboxylic acids is 2. The van der Waals surface area contributed by atoms with E-state index in [0.29, 0.717) is 35.8 Å². The van der Waals surface area contributed by atoms with Crippen molar-refractivity contribution in [3.8, 4) is 5.75 Å². The van der Waals surface area contributed by atoms with Crippen LogP contribution < -0.4 is 10.1 Å². The second-order valence-corrected chi connectivity index (χ2v) is 6.51. The van der Waals surface area contributed by atoms with Gasteiger partial charge in [0, 0.05) is 17.6 Å². The van der Waals surface area contributed by atoms with Crippen LogP contribution in [0.1, 0.15) is 36.9 Å². The summed E-state index contributed by atoms with van der Waals surface area (Å²) in [5.74, 6) is -0.609. The van der Waals surface area contributed by atoms with Crippen molar-refractivity contribution in [2.45, 2.75) is 33.5 Å². The first-order valence-electron chi connectivity index (χ1n) is 9.86. The number of anilines is 1. The molecule has 0 spiro atoms. The summed E-state index contributed by atoms with van der Waals surface area (Å²) in [7, 11) is 0. The van der Waals surface area contributed by atoms with Crippen molar-refractivity contribution in [3.63, 3.8) is 0 Å². The van der Waals surface area contributed by atoms with Gasteiger partial charge >= 0.3 is 5.97 Å². The highest BCUT2D eigenvalue weighted by Gasteiger charge is 2.26. The maximum absolute atomic E-state index is 12.8. The van der Waals surface area contributed by atoms with Gasteiger partial charge in [0.1, 0.15) is 11.3 Å². The van der Waals surface area contributed by atoms with Crippen LogP contribution >= 0.6 is 0 Å². The normalized spacial score (nSPS) is 11.8. The molecule has 30 heavy (non-hydrogen) atoms. The number of fused-ring (bicyclic) bond motifs is 1. The first-order valence-corrected chi connectivity index (χ1v) is 9.86. The van der Waals surface area contributed by atoms with Crippen molar-refractivity contribution in [3.05, 3.63) is 59.9 Å². The number of carbonyl (C=O) groups is 2. The quantitative estimate of drug-likeness (QED) is 0.520. The Labute approximate surface area is 174 Å². The Kier molecular flexibility index (Phi) is 7.08. The molecule has 7 heteroatoms. The molecule has 0 bridgehead atoms. The Balaban J connectivity index is 1.75. The molecule has 2 aromatic carbocycles. The smallest absolute Gasteiger partial charge is 0.375 e. The zero-order chi connectivity index (χ0) is 21.5. The minimum Gasteiger partial charge on any atom is -0.492 e. The van der Waals surface area contributed by atoms with E-state index in [-0.39, 0.29) is 12.4 Å². The van der Waals surface area contributed by atoms with E-state index < -0.39 is 18.0 Å². The highest BCUT2D eigenvalue weighted by atomic mass is 16.6. The van der Waals surface area contributed by atoms with Crippen LogP contribution in [0.25, 0.3) is 11.0 Å². The Morgan fingerprint density at radius 2 is 1.77 bits per heavy atom. The molecular weight excluding hydrogens is 386 g/mol. The molecule has 0 aliphatic carbocycles. The number of ether oxygens (including phenoxy) is 3. The summed E-state index contributed by atoms with van der Waals surface area (Å²) in [6, 6.07) is 14.4. The second kappa shape index (κ2) is 9.93. The predicted molar refractivity (Wildman–Crippen MR) is 113 cm³/mol. The van der Waals surface area contributed by atoms with Crippen molar-refractivity contribution >= 4 is 28.5 Å². The van der Waals surface area contributed by atoms with Gasteiger partial charge in [-0.2, -0.15) is 0 Å². The number of furan rings is 1. The number of para-hydroxylation sites is 3. The van der Waals surface area contributed by atoms with Gasteiger partial charge in [0.2, 0.25) is 5.76 Å². The fourth-order valence-electron chi connectivity index (χ4n) is 2.96. The Morgan fingerprint density at radius 1 is 1.03 bits per heavy atom. The van der Waals surface area contributed by atoms with Crippen molar-refractivity contribution < 1.29 is 28.2 Å². The summed E-state index contributed by atoms with van der Waals surface area (Å²) in [6.45, 7) is 6.39. The average molecular weight is 411 g/mol. The highest BCUT2D eigenvalue weighted by Crippen LogP contribution is 2.28. The summed E-state index contributed by atoms with van der Waals surface area (Å²) in [5.41, 5.74) is 1.67. The summed E-state index contributed by atoms with van der Waals surface area (Å²) in [4.78, 5) is 25.3. The van der Waals surface area contributed by atoms with Gasteiger partial charge in [-0.25, -0.2) is 4.79 Å². The molecule has 1 N–H and O–H groups in total. The molecule has 1 heterocycles. The lowest BCUT2D eigenvalue weighted by molar-refractivity contribution is -0.123. The van der Waals surface area contributed by atoms with E-state index in [1.165, 1.54) is 6.92 Å². The molecule has 0 aliphatic rings. The minimum absolute atomic E-state index is 0.0408. The molecule has 0 unspecified atom stereocenters. The van der Waals surface area contributed by atoms with E-state index in [9.17, 15) is 9.59 Å². The molecule has 0 fully saturated rings. The number of nitrogens with one attached hydrogen (secondary N) is 1. The maximum Gasteiger partial charge on any atom is 0.375 e. The van der Waals surface area contributed by atoms with Gasteiger partial charge in [0.05, 0.1) is 18.9 Å². The van der Waals surface area contributed by atoms with Gasteiger partial charge < -0.3 is 23.9 Å². The first-order chi connectivity index (χ1) is 14.5. The summed E-state index contributed by atoms with van der Waals surface area (Å²) < 4.78 is 22.1. The van der Waals surface area contributed by atoms with E-state index in [4.69, 9.17) is 18.6 Å². The average Bonchev–Trinajstić information content (AvgIpc) is 3.12. The third-order valence-electron chi connectivity index (χ3n) is 4.43. The number of rotatable bonds is 9. The van der Waals surface area contributed by atoms with Crippen LogP contribution in [-0.2, 0) is 20.9 Å². The molecule has 1 atom stereocenters. The zero-order valence-corrected chi connectivity index (χ0v) is 17.3. The van der Waals surface area contributed by atoms with Gasteiger partial charge in [0.15, 0.2) is 6.10 Å². The van der Waals surface area contributed by atoms with Crippen LogP contribution in [0.4, 0.5) is 5.69 Å². The number of amides is 1. The fourth-order valence-corrected chi connectivity index (χ4v) is 2.96. The number of benzene rings is 2. The molecule has 0 saturated heterocycles. The second-order valence-electron chi connectivity index (χ2n) is 6.51. The van der Waals surface area contributed by atoms with Crippen molar-refractivity contribution in [1.82, 2.24) is 0 Å². The lowest BCUT2D eigenvalue weighted by Crippen LogP contribution is -2.30. The molecule has 0 aliphatic heterocycles. The predicted octanol–water partition coefficient (Wildman–Crippen LogP) is 4.55. The van der Waals surface area contributed by atoms with Crippen LogP contribution in [0.2, 0.25) is 0 Å². The largest absolute Gasteiger partial charge is 0.492 e. The van der Waals surface area contributed by atoms with E-state index in [1.54, 1.807) is 24.3 Å². The zero-order valence-electron chi connectivity index (χ0n) is 17.3. The van der Waals surface area contributed by atoms with Crippen molar-refractivity contribution in [2.24, 2.45) is 0 Å². The van der Waals surface area contributed by atoms with Crippen LogP contribution in [0.3, 0.4) is 0 Å². The van der Waals surface area contributed by atoms with Gasteiger partial charge in [0.25, 0.3) is 5.91 Å². The van der Waals surface area contributed by atoms with Crippen LogP contribution in [0.15, 0.2) is 52.9 Å². The molecule has 1 aromatic heterocycles. The van der Waals surface area contributed by atoms with E-state index in [2.05, 4.69) is 5.32 Å². The van der Waals surface area contributed by atoms with Gasteiger partial charge in [-0.3, -0.25) is 4.79 Å². The monoisotopic (exact) mass is 411 g/mol. The molecule has 1 amide bonds. The molecule has 3 rings (SSSR count). The summed E-state index contributed by atoms with van der Waals surface area (Å²) in [5, 5.41) is 3.51. The molecule has 7 nitrogen and oxygen atoms in total. The van der Waals surface area contributed by atoms with Gasteiger partial charge in [-0.05, 0) is 39.0 Å². The standard InChI is InChI=1S/C23H25NO6/c1-4-27-14-17-16-10-6-8-12-19(16)30-21(17)23(26)29-15(3)22(25)24-18-11-7-9-13-20(18)28-5-2/h6-13,15H,4-5,14H2,1-3H3,(H,24,25)/t15-/m1/s1. The molecular formula is C23H25NO6. The van der Waals surface area contributed by atoms with E-state index >= 15 is 0 Å². The van der Waals surface area contributed by atoms with Crippen molar-refractivity contribution in [2.75, 3.05) is 18.5 Å². The number of esters is 1. The molecule has 158 valence electrons. The number of hydrogen-bond acceptors (Lipinski definition) is 6. The Morgan fingerprint density at radius 3 is 2.53 bits per heavy atom.